The zero-order valence-electron chi connectivity index (χ0n) is 17.0. The van der Waals surface area contributed by atoms with Crippen LogP contribution in [-0.4, -0.2) is 63.7 Å². The summed E-state index contributed by atoms with van der Waals surface area (Å²) >= 11 is 0. The molecule has 0 radical (unpaired) electrons. The first-order valence-corrected chi connectivity index (χ1v) is 10.2. The molecule has 156 valence electrons. The normalized spacial score (nSPS) is 23.6. The summed E-state index contributed by atoms with van der Waals surface area (Å²) in [5, 5.41) is 0. The summed E-state index contributed by atoms with van der Waals surface area (Å²) in [5.74, 6) is -0.502. The molecule has 0 N–H and O–H groups in total. The number of aromatic nitrogens is 2. The maximum absolute atomic E-state index is 13.5. The second-order valence-electron chi connectivity index (χ2n) is 8.37. The average molecular weight is 409 g/mol. The van der Waals surface area contributed by atoms with Crippen LogP contribution >= 0.6 is 0 Å². The third kappa shape index (κ3) is 2.26. The topological polar surface area (TPSA) is 95.3 Å². The van der Waals surface area contributed by atoms with E-state index >= 15 is 0 Å². The Morgan fingerprint density at radius 3 is 2.47 bits per heavy atom. The van der Waals surface area contributed by atoms with E-state index in [1.165, 1.54) is 18.5 Å². The van der Waals surface area contributed by atoms with Crippen molar-refractivity contribution in [3.63, 3.8) is 0 Å². The van der Waals surface area contributed by atoms with Crippen molar-refractivity contribution in [2.75, 3.05) is 25.5 Å². The van der Waals surface area contributed by atoms with Gasteiger partial charge >= 0.3 is 6.03 Å². The third-order valence-corrected chi connectivity index (χ3v) is 6.80. The van der Waals surface area contributed by atoms with Crippen molar-refractivity contribution in [1.29, 1.82) is 0 Å². The van der Waals surface area contributed by atoms with Crippen LogP contribution < -0.4 is 10.5 Å². The number of amides is 4. The number of fused-ring (bicyclic) bond motifs is 5. The molecule has 3 aliphatic heterocycles. The number of anilines is 1. The van der Waals surface area contributed by atoms with E-state index in [4.69, 9.17) is 4.98 Å². The zero-order valence-corrected chi connectivity index (χ0v) is 17.0. The highest BCUT2D eigenvalue weighted by molar-refractivity contribution is 6.20. The fourth-order valence-electron chi connectivity index (χ4n) is 5.30. The molecule has 4 amide bonds. The van der Waals surface area contributed by atoms with Crippen LogP contribution in [0.4, 0.5) is 10.6 Å². The molecule has 2 fully saturated rings. The minimum absolute atomic E-state index is 0.0488. The molecular weight excluding hydrogens is 386 g/mol. The number of imide groups is 2. The van der Waals surface area contributed by atoms with Gasteiger partial charge in [-0.2, -0.15) is 0 Å². The Balaban J connectivity index is 1.80. The van der Waals surface area contributed by atoms with Crippen molar-refractivity contribution in [2.24, 2.45) is 5.41 Å². The van der Waals surface area contributed by atoms with Crippen molar-refractivity contribution in [3.8, 4) is 0 Å². The summed E-state index contributed by atoms with van der Waals surface area (Å²) in [4.78, 5) is 61.6. The minimum Gasteiger partial charge on any atom is -0.352 e. The van der Waals surface area contributed by atoms with Crippen LogP contribution in [0.3, 0.4) is 0 Å². The van der Waals surface area contributed by atoms with E-state index in [1.807, 2.05) is 11.0 Å². The smallest absolute Gasteiger partial charge is 0.332 e. The lowest BCUT2D eigenvalue weighted by Crippen LogP contribution is -2.71. The van der Waals surface area contributed by atoms with Crippen LogP contribution in [0.5, 0.6) is 0 Å². The monoisotopic (exact) mass is 409 g/mol. The Hall–Kier alpha value is -3.23. The molecule has 0 saturated carbocycles. The molecule has 9 nitrogen and oxygen atoms in total. The van der Waals surface area contributed by atoms with E-state index in [0.29, 0.717) is 30.0 Å². The molecule has 0 aliphatic carbocycles. The molecule has 5 rings (SSSR count). The van der Waals surface area contributed by atoms with E-state index in [2.05, 4.69) is 0 Å². The maximum atomic E-state index is 13.5. The molecule has 1 atom stereocenters. The van der Waals surface area contributed by atoms with Crippen LogP contribution in [0.1, 0.15) is 31.2 Å². The van der Waals surface area contributed by atoms with Gasteiger partial charge in [0, 0.05) is 33.3 Å². The Morgan fingerprint density at radius 1 is 1.00 bits per heavy atom. The zero-order chi connectivity index (χ0) is 21.2. The van der Waals surface area contributed by atoms with E-state index in [-0.39, 0.29) is 12.0 Å². The first-order chi connectivity index (χ1) is 14.4. The fourth-order valence-corrected chi connectivity index (χ4v) is 5.30. The summed E-state index contributed by atoms with van der Waals surface area (Å²) in [7, 11) is 2.80. The number of barbiturate groups is 1. The summed E-state index contributed by atoms with van der Waals surface area (Å²) < 4.78 is 1.45. The van der Waals surface area contributed by atoms with Crippen LogP contribution in [0, 0.1) is 5.41 Å². The summed E-state index contributed by atoms with van der Waals surface area (Å²) in [6, 6.07) is 4.25. The number of carbonyl (C=O) groups excluding carboxylic acids is 3. The Kier molecular flexibility index (Phi) is 4.00. The first kappa shape index (κ1) is 18.8. The van der Waals surface area contributed by atoms with E-state index in [9.17, 15) is 19.2 Å². The van der Waals surface area contributed by atoms with Gasteiger partial charge in [-0.3, -0.25) is 28.6 Å². The van der Waals surface area contributed by atoms with Crippen molar-refractivity contribution in [1.82, 2.24) is 19.2 Å². The number of nitrogens with zero attached hydrogens (tertiary/aromatic N) is 5. The molecular formula is C21H23N5O4. The molecule has 1 unspecified atom stereocenters. The summed E-state index contributed by atoms with van der Waals surface area (Å²) in [6.45, 7) is 0.608. The number of urea groups is 1. The van der Waals surface area contributed by atoms with Crippen LogP contribution in [0.15, 0.2) is 29.2 Å². The van der Waals surface area contributed by atoms with Crippen LogP contribution in [0.25, 0.3) is 5.65 Å². The highest BCUT2D eigenvalue weighted by atomic mass is 16.2. The van der Waals surface area contributed by atoms with Gasteiger partial charge in [-0.15, -0.1) is 0 Å². The molecule has 2 aromatic heterocycles. The van der Waals surface area contributed by atoms with Crippen molar-refractivity contribution in [3.05, 3.63) is 40.3 Å². The lowest BCUT2D eigenvalue weighted by atomic mass is 9.67. The number of hydrogen-bond donors (Lipinski definition) is 0. The summed E-state index contributed by atoms with van der Waals surface area (Å²) in [5.41, 5.74) is -0.889. The van der Waals surface area contributed by atoms with Gasteiger partial charge in [-0.1, -0.05) is 18.9 Å². The Morgan fingerprint density at radius 2 is 1.73 bits per heavy atom. The van der Waals surface area contributed by atoms with Crippen molar-refractivity contribution >= 4 is 29.3 Å². The lowest BCUT2D eigenvalue weighted by molar-refractivity contribution is -0.159. The van der Waals surface area contributed by atoms with Crippen LogP contribution in [-0.2, 0) is 16.0 Å². The third-order valence-electron chi connectivity index (χ3n) is 6.80. The highest BCUT2D eigenvalue weighted by Crippen LogP contribution is 2.46. The molecule has 2 saturated heterocycles. The number of carbonyl (C=O) groups is 3. The first-order valence-electron chi connectivity index (χ1n) is 10.2. The van der Waals surface area contributed by atoms with Gasteiger partial charge < -0.3 is 4.90 Å². The largest absolute Gasteiger partial charge is 0.352 e. The lowest BCUT2D eigenvalue weighted by Gasteiger charge is -2.51. The minimum atomic E-state index is -1.50. The predicted octanol–water partition coefficient (Wildman–Crippen LogP) is 1.04. The highest BCUT2D eigenvalue weighted by Gasteiger charge is 2.63. The van der Waals surface area contributed by atoms with Gasteiger partial charge in [0.05, 0.1) is 11.6 Å². The molecule has 1 spiro atoms. The van der Waals surface area contributed by atoms with Crippen LogP contribution in [0.2, 0.25) is 0 Å². The van der Waals surface area contributed by atoms with Gasteiger partial charge in [-0.25, -0.2) is 9.78 Å². The fraction of sp³-hybridized carbons (Fsp3) is 0.476. The Bertz CT molecular complexity index is 1130. The van der Waals surface area contributed by atoms with Gasteiger partial charge in [0.25, 0.3) is 5.56 Å². The van der Waals surface area contributed by atoms with Gasteiger partial charge in [0.2, 0.25) is 11.8 Å². The SMILES string of the molecule is CN1C(=O)N(C)C(=O)C2(Cc3c(nc4ccccn4c3=O)N3CCCCCC32)C1=O. The van der Waals surface area contributed by atoms with E-state index < -0.39 is 29.3 Å². The van der Waals surface area contributed by atoms with E-state index in [0.717, 1.165) is 29.1 Å². The second kappa shape index (κ2) is 6.38. The summed E-state index contributed by atoms with van der Waals surface area (Å²) in [6.07, 6.45) is 4.94. The number of hydrogen-bond acceptors (Lipinski definition) is 6. The molecule has 2 aromatic rings. The predicted molar refractivity (Wildman–Crippen MR) is 108 cm³/mol. The molecule has 9 heteroatoms. The standard InChI is InChI=1S/C21H23N5O4/c1-23-18(28)21(19(29)24(2)20(23)30)12-13-16(25-10-6-3-4-8-14(21)25)22-15-9-5-7-11-26(15)17(13)27/h5,7,9,11,14H,3-4,6,8,10,12H2,1-2H3. The number of pyridine rings is 1. The molecule has 3 aliphatic rings. The maximum Gasteiger partial charge on any atom is 0.332 e. The van der Waals surface area contributed by atoms with Gasteiger partial charge in [0.1, 0.15) is 11.5 Å². The van der Waals surface area contributed by atoms with Gasteiger partial charge in [-0.05, 0) is 25.0 Å². The molecule has 0 bridgehead atoms. The van der Waals surface area contributed by atoms with Crippen molar-refractivity contribution < 1.29 is 14.4 Å². The van der Waals surface area contributed by atoms with Gasteiger partial charge in [0.15, 0.2) is 5.41 Å². The number of rotatable bonds is 0. The average Bonchev–Trinajstić information content (AvgIpc) is 3.02. The Labute approximate surface area is 172 Å². The molecule has 30 heavy (non-hydrogen) atoms. The molecule has 5 heterocycles. The van der Waals surface area contributed by atoms with Crippen molar-refractivity contribution in [2.45, 2.75) is 38.1 Å². The van der Waals surface area contributed by atoms with E-state index in [1.54, 1.807) is 18.3 Å². The molecule has 0 aromatic carbocycles. The quantitative estimate of drug-likeness (QED) is 0.604. The second-order valence-corrected chi connectivity index (χ2v) is 8.37.